The molecule has 0 aliphatic heterocycles. The summed E-state index contributed by atoms with van der Waals surface area (Å²) >= 11 is 0. The highest BCUT2D eigenvalue weighted by atomic mass is 16.5. The Balaban J connectivity index is 2.32. The van der Waals surface area contributed by atoms with Crippen molar-refractivity contribution in [2.75, 3.05) is 7.11 Å². The summed E-state index contributed by atoms with van der Waals surface area (Å²) in [7, 11) is 1.46. The molecule has 136 valence electrons. The van der Waals surface area contributed by atoms with Gasteiger partial charge in [-0.2, -0.15) is 0 Å². The molecule has 0 bridgehead atoms. The van der Waals surface area contributed by atoms with E-state index in [-0.39, 0.29) is 11.3 Å². The summed E-state index contributed by atoms with van der Waals surface area (Å²) in [4.78, 5) is 51.3. The van der Waals surface area contributed by atoms with Gasteiger partial charge in [-0.25, -0.2) is 9.59 Å². The molecule has 3 rings (SSSR count). The van der Waals surface area contributed by atoms with Crippen molar-refractivity contribution in [2.45, 2.75) is 0 Å². The van der Waals surface area contributed by atoms with E-state index in [2.05, 4.69) is 0 Å². The zero-order valence-corrected chi connectivity index (χ0v) is 14.1. The van der Waals surface area contributed by atoms with Crippen LogP contribution in [0.25, 0.3) is 5.69 Å². The molecule has 3 aromatic rings. The summed E-state index contributed by atoms with van der Waals surface area (Å²) in [5.41, 5.74) is -3.06. The average Bonchev–Trinajstić information content (AvgIpc) is 2.67. The fraction of sp³-hybridized carbons (Fsp3) is 0.0526. The van der Waals surface area contributed by atoms with Gasteiger partial charge in [-0.05, 0) is 24.3 Å². The first-order valence-electron chi connectivity index (χ1n) is 7.81. The summed E-state index contributed by atoms with van der Waals surface area (Å²) in [6.45, 7) is 0. The van der Waals surface area contributed by atoms with Crippen molar-refractivity contribution in [3.63, 3.8) is 0 Å². The largest absolute Gasteiger partial charge is 0.497 e. The van der Waals surface area contributed by atoms with E-state index in [1.807, 2.05) is 4.98 Å². The smallest absolute Gasteiger partial charge is 0.354 e. The Hall–Kier alpha value is -3.94. The van der Waals surface area contributed by atoms with Crippen LogP contribution in [0.15, 0.2) is 64.2 Å². The number of aromatic amines is 1. The molecule has 0 fully saturated rings. The van der Waals surface area contributed by atoms with Crippen LogP contribution in [0.3, 0.4) is 0 Å². The predicted molar refractivity (Wildman–Crippen MR) is 96.0 cm³/mol. The van der Waals surface area contributed by atoms with Crippen LogP contribution in [-0.4, -0.2) is 33.5 Å². The topological polar surface area (TPSA) is 118 Å². The quantitative estimate of drug-likeness (QED) is 0.660. The van der Waals surface area contributed by atoms with Gasteiger partial charge in [0.25, 0.3) is 5.56 Å². The molecule has 0 aliphatic rings. The number of aromatic carboxylic acids is 1. The fourth-order valence-electron chi connectivity index (χ4n) is 2.66. The summed E-state index contributed by atoms with van der Waals surface area (Å²) < 4.78 is 5.81. The normalized spacial score (nSPS) is 10.4. The van der Waals surface area contributed by atoms with Crippen molar-refractivity contribution in [3.05, 3.63) is 92.3 Å². The highest BCUT2D eigenvalue weighted by molar-refractivity contribution is 6.13. The third-order valence-electron chi connectivity index (χ3n) is 3.91. The number of carboxylic acids is 1. The van der Waals surface area contributed by atoms with Crippen molar-refractivity contribution in [1.82, 2.24) is 9.55 Å². The predicted octanol–water partition coefficient (Wildman–Crippen LogP) is 1.46. The van der Waals surface area contributed by atoms with E-state index in [1.165, 1.54) is 43.5 Å². The molecule has 0 unspecified atom stereocenters. The molecule has 8 heteroatoms. The third kappa shape index (κ3) is 3.28. The lowest BCUT2D eigenvalue weighted by atomic mass is 10.0. The molecule has 1 aromatic heterocycles. The maximum Gasteiger partial charge on any atom is 0.354 e. The van der Waals surface area contributed by atoms with E-state index in [1.54, 1.807) is 18.2 Å². The number of carboxylic acid groups (broad SMARTS) is 1. The number of carbonyl (C=O) groups is 2. The van der Waals surface area contributed by atoms with Crippen molar-refractivity contribution in [1.29, 1.82) is 0 Å². The lowest BCUT2D eigenvalue weighted by molar-refractivity contribution is 0.0681. The molecule has 1 heterocycles. The Morgan fingerprint density at radius 1 is 1.00 bits per heavy atom. The number of aromatic nitrogens is 2. The molecule has 2 aromatic carbocycles. The summed E-state index contributed by atoms with van der Waals surface area (Å²) in [5.74, 6) is -1.88. The van der Waals surface area contributed by atoms with E-state index in [0.717, 1.165) is 4.57 Å². The maximum absolute atomic E-state index is 12.8. The molecular formula is C19H14N2O6. The van der Waals surface area contributed by atoms with E-state index >= 15 is 0 Å². The third-order valence-corrected chi connectivity index (χ3v) is 3.91. The Morgan fingerprint density at radius 2 is 1.63 bits per heavy atom. The zero-order chi connectivity index (χ0) is 19.6. The Bertz CT molecular complexity index is 1130. The number of ether oxygens (including phenoxy) is 1. The van der Waals surface area contributed by atoms with Gasteiger partial charge < -0.3 is 9.84 Å². The summed E-state index contributed by atoms with van der Waals surface area (Å²) in [6.07, 6.45) is 0. The van der Waals surface area contributed by atoms with Crippen LogP contribution in [0.1, 0.15) is 26.4 Å². The minimum atomic E-state index is -1.58. The Labute approximate surface area is 152 Å². The van der Waals surface area contributed by atoms with Gasteiger partial charge in [0, 0.05) is 5.56 Å². The lowest BCUT2D eigenvalue weighted by Gasteiger charge is -2.13. The second kappa shape index (κ2) is 7.12. The molecule has 27 heavy (non-hydrogen) atoms. The highest BCUT2D eigenvalue weighted by Gasteiger charge is 2.27. The van der Waals surface area contributed by atoms with Gasteiger partial charge in [0.05, 0.1) is 12.8 Å². The van der Waals surface area contributed by atoms with Gasteiger partial charge in [0.1, 0.15) is 11.3 Å². The average molecular weight is 366 g/mol. The van der Waals surface area contributed by atoms with Gasteiger partial charge in [-0.3, -0.25) is 19.1 Å². The second-order valence-electron chi connectivity index (χ2n) is 5.52. The van der Waals surface area contributed by atoms with Crippen molar-refractivity contribution in [2.24, 2.45) is 0 Å². The van der Waals surface area contributed by atoms with Crippen molar-refractivity contribution in [3.8, 4) is 11.4 Å². The monoisotopic (exact) mass is 366 g/mol. The number of carbonyl (C=O) groups excluding carboxylic acids is 1. The molecule has 0 saturated carbocycles. The number of hydrogen-bond acceptors (Lipinski definition) is 5. The molecule has 0 saturated heterocycles. The first-order chi connectivity index (χ1) is 12.9. The summed E-state index contributed by atoms with van der Waals surface area (Å²) in [6, 6.07) is 13.7. The van der Waals surface area contributed by atoms with Crippen LogP contribution in [0.2, 0.25) is 0 Å². The van der Waals surface area contributed by atoms with Crippen LogP contribution >= 0.6 is 0 Å². The van der Waals surface area contributed by atoms with E-state index in [4.69, 9.17) is 4.74 Å². The van der Waals surface area contributed by atoms with Gasteiger partial charge >= 0.3 is 11.7 Å². The second-order valence-corrected chi connectivity index (χ2v) is 5.52. The standard InChI is InChI=1S/C19H14N2O6/c1-27-13-9-7-12(8-10-13)21-15(18(24)25)14(17(23)20-19(21)26)16(22)11-5-3-2-4-6-11/h2-10H,1H3,(H,24,25)(H,20,23,26). The van der Waals surface area contributed by atoms with Crippen LogP contribution < -0.4 is 16.0 Å². The molecule has 2 N–H and O–H groups in total. The molecular weight excluding hydrogens is 352 g/mol. The van der Waals surface area contributed by atoms with Crippen LogP contribution in [-0.2, 0) is 0 Å². The summed E-state index contributed by atoms with van der Waals surface area (Å²) in [5, 5.41) is 9.66. The SMILES string of the molecule is COc1ccc(-n2c(C(=O)O)c(C(=O)c3ccccc3)c(=O)[nH]c2=O)cc1. The first-order valence-corrected chi connectivity index (χ1v) is 7.81. The number of rotatable bonds is 5. The molecule has 0 amide bonds. The Morgan fingerprint density at radius 3 is 2.19 bits per heavy atom. The highest BCUT2D eigenvalue weighted by Crippen LogP contribution is 2.17. The minimum absolute atomic E-state index is 0.130. The van der Waals surface area contributed by atoms with Crippen LogP contribution in [0.4, 0.5) is 0 Å². The number of nitrogens with zero attached hydrogens (tertiary/aromatic N) is 1. The minimum Gasteiger partial charge on any atom is -0.497 e. The van der Waals surface area contributed by atoms with Crippen LogP contribution in [0.5, 0.6) is 5.75 Å². The number of H-pyrrole nitrogens is 1. The van der Waals surface area contributed by atoms with Gasteiger partial charge in [0.15, 0.2) is 5.69 Å². The van der Waals surface area contributed by atoms with Crippen LogP contribution in [0, 0.1) is 0 Å². The lowest BCUT2D eigenvalue weighted by Crippen LogP contribution is -2.38. The zero-order valence-electron chi connectivity index (χ0n) is 14.1. The van der Waals surface area contributed by atoms with E-state index < -0.39 is 34.3 Å². The van der Waals surface area contributed by atoms with Gasteiger partial charge in [-0.1, -0.05) is 30.3 Å². The van der Waals surface area contributed by atoms with Crippen molar-refractivity contribution < 1.29 is 19.4 Å². The number of benzene rings is 2. The fourth-order valence-corrected chi connectivity index (χ4v) is 2.66. The maximum atomic E-state index is 12.8. The Kier molecular flexibility index (Phi) is 4.71. The van der Waals surface area contributed by atoms with Gasteiger partial charge in [0.2, 0.25) is 5.78 Å². The van der Waals surface area contributed by atoms with E-state index in [0.29, 0.717) is 5.75 Å². The van der Waals surface area contributed by atoms with Gasteiger partial charge in [-0.15, -0.1) is 0 Å². The van der Waals surface area contributed by atoms with Crippen molar-refractivity contribution >= 4 is 11.8 Å². The number of nitrogens with one attached hydrogen (secondary N) is 1. The molecule has 0 spiro atoms. The number of ketones is 1. The number of hydrogen-bond donors (Lipinski definition) is 2. The molecule has 0 aliphatic carbocycles. The van der Waals surface area contributed by atoms with E-state index in [9.17, 15) is 24.3 Å². The molecule has 0 radical (unpaired) electrons. The molecule has 8 nitrogen and oxygen atoms in total. The molecule has 0 atom stereocenters. The first kappa shape index (κ1) is 17.9. The number of methoxy groups -OCH3 is 1.